The summed E-state index contributed by atoms with van der Waals surface area (Å²) in [4.78, 5) is 24.0. The van der Waals surface area contributed by atoms with Gasteiger partial charge in [0.05, 0.1) is 10.7 Å². The van der Waals surface area contributed by atoms with Gasteiger partial charge in [-0.15, -0.1) is 0 Å². The molecule has 2 nitrogen and oxygen atoms in total. The number of Topliss-reactive ketones (excluding diaryl/α,β-unsaturated/α-hetero) is 1. The van der Waals surface area contributed by atoms with Gasteiger partial charge in [0, 0.05) is 0 Å². The van der Waals surface area contributed by atoms with Gasteiger partial charge in [0.25, 0.3) is 0 Å². The molecule has 0 aromatic rings. The van der Waals surface area contributed by atoms with Crippen LogP contribution in [0.2, 0.25) is 0 Å². The van der Waals surface area contributed by atoms with Crippen LogP contribution in [0.5, 0.6) is 0 Å². The molecule has 1 fully saturated rings. The van der Waals surface area contributed by atoms with Gasteiger partial charge in [-0.1, -0.05) is 35.1 Å². The minimum Gasteiger partial charge on any atom is -0.297 e. The van der Waals surface area contributed by atoms with Crippen LogP contribution >= 0.6 is 11.8 Å². The largest absolute Gasteiger partial charge is 0.297 e. The van der Waals surface area contributed by atoms with Gasteiger partial charge in [-0.3, -0.25) is 9.59 Å². The zero-order valence-corrected chi connectivity index (χ0v) is 13.4. The van der Waals surface area contributed by atoms with E-state index in [9.17, 15) is 9.59 Å². The maximum absolute atomic E-state index is 12.1. The Kier molecular flexibility index (Phi) is 5.60. The van der Waals surface area contributed by atoms with Crippen LogP contribution in [0.25, 0.3) is 0 Å². The molecule has 1 aliphatic rings. The topological polar surface area (TPSA) is 34.1 Å². The van der Waals surface area contributed by atoms with Crippen molar-refractivity contribution < 1.29 is 9.59 Å². The third kappa shape index (κ3) is 4.07. The minimum atomic E-state index is -0.804. The highest BCUT2D eigenvalue weighted by Crippen LogP contribution is 2.42. The molecule has 3 heteroatoms. The van der Waals surface area contributed by atoms with Gasteiger partial charge in [-0.2, -0.15) is 0 Å². The van der Waals surface area contributed by atoms with Crippen LogP contribution in [0.1, 0.15) is 53.9 Å². The maximum atomic E-state index is 12.1. The molecular formula is C16H24O2S. The third-order valence-electron chi connectivity index (χ3n) is 3.60. The van der Waals surface area contributed by atoms with Crippen molar-refractivity contribution in [1.29, 1.82) is 0 Å². The van der Waals surface area contributed by atoms with E-state index in [-0.39, 0.29) is 16.1 Å². The van der Waals surface area contributed by atoms with E-state index in [0.29, 0.717) is 6.42 Å². The molecule has 0 aliphatic carbocycles. The van der Waals surface area contributed by atoms with Crippen LogP contribution in [-0.4, -0.2) is 16.1 Å². The first-order valence-electron chi connectivity index (χ1n) is 6.82. The van der Waals surface area contributed by atoms with E-state index in [4.69, 9.17) is 0 Å². The summed E-state index contributed by atoms with van der Waals surface area (Å²) in [6.45, 7) is 9.86. The number of allylic oxidation sites excluding steroid dienone is 4. The minimum absolute atomic E-state index is 0.0262. The monoisotopic (exact) mass is 280 g/mol. The fourth-order valence-electron chi connectivity index (χ4n) is 2.15. The summed E-state index contributed by atoms with van der Waals surface area (Å²) in [6, 6.07) is 0. The van der Waals surface area contributed by atoms with Gasteiger partial charge in [0.15, 0.2) is 5.78 Å². The second kappa shape index (κ2) is 6.56. The Hall–Kier alpha value is -0.830. The molecule has 1 saturated heterocycles. The lowest BCUT2D eigenvalue weighted by Crippen LogP contribution is -2.30. The van der Waals surface area contributed by atoms with E-state index in [0.717, 1.165) is 12.8 Å². The summed E-state index contributed by atoms with van der Waals surface area (Å²) in [7, 11) is 0. The Morgan fingerprint density at radius 2 is 1.89 bits per heavy atom. The molecule has 0 aromatic heterocycles. The van der Waals surface area contributed by atoms with Gasteiger partial charge in [-0.05, 0) is 53.9 Å². The standard InChI is InChI=1S/C16H24O2S/c1-11(2)7-6-8-12(3)9-10-16(5)14(17)13(4)19-15(16)18/h7,9,13H,6,8,10H2,1-5H3/b12-9+/t13-,16?/m0/s1. The zero-order valence-electron chi connectivity index (χ0n) is 12.6. The smallest absolute Gasteiger partial charge is 0.203 e. The molecule has 2 atom stereocenters. The predicted molar refractivity (Wildman–Crippen MR) is 82.2 cm³/mol. The first kappa shape index (κ1) is 16.2. The lowest BCUT2D eigenvalue weighted by atomic mass is 9.82. The Morgan fingerprint density at radius 1 is 1.26 bits per heavy atom. The van der Waals surface area contributed by atoms with Gasteiger partial charge in [0.2, 0.25) is 5.12 Å². The van der Waals surface area contributed by atoms with Crippen molar-refractivity contribution >= 4 is 22.7 Å². The van der Waals surface area contributed by atoms with Crippen molar-refractivity contribution in [2.75, 3.05) is 0 Å². The van der Waals surface area contributed by atoms with Crippen molar-refractivity contribution in [3.8, 4) is 0 Å². The number of hydrogen-bond acceptors (Lipinski definition) is 3. The van der Waals surface area contributed by atoms with Crippen molar-refractivity contribution in [2.45, 2.75) is 59.1 Å². The highest BCUT2D eigenvalue weighted by molar-refractivity contribution is 8.15. The molecule has 0 saturated carbocycles. The maximum Gasteiger partial charge on any atom is 0.203 e. The summed E-state index contributed by atoms with van der Waals surface area (Å²) in [5, 5.41) is -0.157. The van der Waals surface area contributed by atoms with Gasteiger partial charge >= 0.3 is 0 Å². The van der Waals surface area contributed by atoms with Crippen LogP contribution in [0.4, 0.5) is 0 Å². The van der Waals surface area contributed by atoms with Crippen LogP contribution in [-0.2, 0) is 9.59 Å². The van der Waals surface area contributed by atoms with E-state index >= 15 is 0 Å². The second-order valence-corrected chi connectivity index (χ2v) is 7.13. The Bertz CT molecular complexity index is 430. The molecule has 1 heterocycles. The molecule has 1 aliphatic heterocycles. The number of carbonyl (C=O) groups excluding carboxylic acids is 2. The molecule has 0 bridgehead atoms. The summed E-state index contributed by atoms with van der Waals surface area (Å²) in [5.41, 5.74) is 1.78. The van der Waals surface area contributed by atoms with E-state index < -0.39 is 5.41 Å². The fraction of sp³-hybridized carbons (Fsp3) is 0.625. The van der Waals surface area contributed by atoms with Gasteiger partial charge < -0.3 is 0 Å². The summed E-state index contributed by atoms with van der Waals surface area (Å²) in [6.07, 6.45) is 6.83. The quantitative estimate of drug-likeness (QED) is 0.556. The lowest BCUT2D eigenvalue weighted by Gasteiger charge is -2.17. The average molecular weight is 280 g/mol. The average Bonchev–Trinajstić information content (AvgIpc) is 2.51. The number of thioether (sulfide) groups is 1. The lowest BCUT2D eigenvalue weighted by molar-refractivity contribution is -0.132. The van der Waals surface area contributed by atoms with E-state index in [1.54, 1.807) is 6.92 Å². The van der Waals surface area contributed by atoms with Crippen LogP contribution in [0, 0.1) is 5.41 Å². The molecule has 1 unspecified atom stereocenters. The van der Waals surface area contributed by atoms with E-state index in [1.807, 2.05) is 6.92 Å². The molecular weight excluding hydrogens is 256 g/mol. The summed E-state index contributed by atoms with van der Waals surface area (Å²) < 4.78 is 0. The molecule has 0 aromatic carbocycles. The Labute approximate surface area is 120 Å². The van der Waals surface area contributed by atoms with Gasteiger partial charge in [-0.25, -0.2) is 0 Å². The fourth-order valence-corrected chi connectivity index (χ4v) is 3.28. The number of ketones is 1. The Balaban J connectivity index is 2.62. The SMILES string of the molecule is CC(C)=CCC/C(C)=C/CC1(C)C(=O)S[C@@H](C)C1=O. The van der Waals surface area contributed by atoms with E-state index in [1.165, 1.54) is 22.9 Å². The highest BCUT2D eigenvalue weighted by atomic mass is 32.2. The first-order valence-corrected chi connectivity index (χ1v) is 7.69. The second-order valence-electron chi connectivity index (χ2n) is 5.82. The van der Waals surface area contributed by atoms with Crippen molar-refractivity contribution in [3.63, 3.8) is 0 Å². The van der Waals surface area contributed by atoms with Gasteiger partial charge in [0.1, 0.15) is 0 Å². The number of rotatable bonds is 5. The molecule has 0 spiro atoms. The summed E-state index contributed by atoms with van der Waals surface area (Å²) in [5.74, 6) is 0.0795. The highest BCUT2D eigenvalue weighted by Gasteiger charge is 2.49. The molecule has 1 rings (SSSR count). The summed E-state index contributed by atoms with van der Waals surface area (Å²) >= 11 is 1.18. The number of carbonyl (C=O) groups is 2. The third-order valence-corrected chi connectivity index (χ3v) is 4.83. The number of hydrogen-bond donors (Lipinski definition) is 0. The first-order chi connectivity index (χ1) is 8.77. The molecule has 106 valence electrons. The van der Waals surface area contributed by atoms with Crippen LogP contribution < -0.4 is 0 Å². The zero-order chi connectivity index (χ0) is 14.6. The molecule has 0 amide bonds. The molecule has 0 radical (unpaired) electrons. The van der Waals surface area contributed by atoms with Crippen LogP contribution in [0.15, 0.2) is 23.3 Å². The Morgan fingerprint density at radius 3 is 2.37 bits per heavy atom. The van der Waals surface area contributed by atoms with Crippen molar-refractivity contribution in [1.82, 2.24) is 0 Å². The van der Waals surface area contributed by atoms with E-state index in [2.05, 4.69) is 32.9 Å². The normalized spacial score (nSPS) is 27.8. The molecule has 0 N–H and O–H groups in total. The van der Waals surface area contributed by atoms with Crippen LogP contribution in [0.3, 0.4) is 0 Å². The van der Waals surface area contributed by atoms with Crippen molar-refractivity contribution in [2.24, 2.45) is 5.41 Å². The molecule has 19 heavy (non-hydrogen) atoms. The van der Waals surface area contributed by atoms with Crippen molar-refractivity contribution in [3.05, 3.63) is 23.3 Å². The predicted octanol–water partition coefficient (Wildman–Crippen LogP) is 4.31.